The van der Waals surface area contributed by atoms with Gasteiger partial charge in [0.05, 0.1) is 28.2 Å². The smallest absolute Gasteiger partial charge is 0.301 e. The first kappa shape index (κ1) is 19.4. The first-order chi connectivity index (χ1) is 13.6. The van der Waals surface area contributed by atoms with Gasteiger partial charge in [-0.3, -0.25) is 9.89 Å². The van der Waals surface area contributed by atoms with Crippen LogP contribution in [-0.2, 0) is 6.18 Å². The molecule has 0 aliphatic carbocycles. The molecule has 2 heterocycles. The second-order valence-corrected chi connectivity index (χ2v) is 7.09. The zero-order valence-corrected chi connectivity index (χ0v) is 15.6. The number of benzene rings is 2. The van der Waals surface area contributed by atoms with Crippen molar-refractivity contribution >= 4 is 33.6 Å². The van der Waals surface area contributed by atoms with E-state index in [9.17, 15) is 22.4 Å². The van der Waals surface area contributed by atoms with E-state index in [1.54, 1.807) is 6.26 Å². The van der Waals surface area contributed by atoms with Crippen LogP contribution in [-0.4, -0.2) is 26.4 Å². The summed E-state index contributed by atoms with van der Waals surface area (Å²) in [6.45, 7) is 1.19. The molecule has 0 bridgehead atoms. The van der Waals surface area contributed by atoms with Crippen LogP contribution in [0.1, 0.15) is 11.1 Å². The quantitative estimate of drug-likeness (QED) is 0.275. The van der Waals surface area contributed by atoms with Crippen molar-refractivity contribution in [2.45, 2.75) is 18.3 Å². The molecule has 5 nitrogen and oxygen atoms in total. The highest BCUT2D eigenvalue weighted by molar-refractivity contribution is 7.98. The van der Waals surface area contributed by atoms with Crippen molar-refractivity contribution in [3.8, 4) is 11.1 Å². The largest absolute Gasteiger partial charge is 0.417 e. The van der Waals surface area contributed by atoms with Gasteiger partial charge in [0.1, 0.15) is 11.3 Å². The number of halogens is 5. The molecule has 29 heavy (non-hydrogen) atoms. The second-order valence-electron chi connectivity index (χ2n) is 6.29. The molecule has 2 N–H and O–H groups in total. The summed E-state index contributed by atoms with van der Waals surface area (Å²) in [5, 5.41) is 5.77. The molecule has 2 aromatic heterocycles. The molecule has 4 aromatic rings. The molecular weight excluding hydrogens is 415 g/mol. The molecule has 4 rings (SSSR count). The third-order valence-electron chi connectivity index (χ3n) is 4.54. The summed E-state index contributed by atoms with van der Waals surface area (Å²) >= 11 is 1.00. The summed E-state index contributed by atoms with van der Waals surface area (Å²) in [6, 6.07) is 1.90. The van der Waals surface area contributed by atoms with Crippen LogP contribution in [0.5, 0.6) is 0 Å². The van der Waals surface area contributed by atoms with E-state index in [1.807, 2.05) is 0 Å². The molecule has 0 fully saturated rings. The van der Waals surface area contributed by atoms with Crippen molar-refractivity contribution in [2.75, 3.05) is 6.26 Å². The van der Waals surface area contributed by atoms with Gasteiger partial charge in [0.2, 0.25) is 0 Å². The molecule has 2 aromatic carbocycles. The highest BCUT2D eigenvalue weighted by Crippen LogP contribution is 2.45. The molecular formula is C18H11F5N4OS. The maximum Gasteiger partial charge on any atom is 0.417 e. The number of thioether (sulfide) groups is 1. The molecule has 0 radical (unpaired) electrons. The third-order valence-corrected chi connectivity index (χ3v) is 5.12. The minimum atomic E-state index is -4.88. The van der Waals surface area contributed by atoms with Gasteiger partial charge in [-0.05, 0) is 30.9 Å². The number of aryl methyl sites for hydroxylation is 1. The zero-order chi connectivity index (χ0) is 21.1. The number of hydrogen-bond acceptors (Lipinski definition) is 4. The lowest BCUT2D eigenvalue weighted by Crippen LogP contribution is -2.14. The van der Waals surface area contributed by atoms with Crippen LogP contribution in [0.25, 0.3) is 32.9 Å². The average Bonchev–Trinajstić information content (AvgIpc) is 3.09. The average molecular weight is 426 g/mol. The van der Waals surface area contributed by atoms with Crippen molar-refractivity contribution in [1.29, 1.82) is 0 Å². The van der Waals surface area contributed by atoms with E-state index in [0.29, 0.717) is 6.07 Å². The number of alkyl halides is 3. The van der Waals surface area contributed by atoms with Gasteiger partial charge in [-0.15, -0.1) is 0 Å². The SMILES string of the molecule is CSc1nc2c(F)c(-c3c(C(F)(F)F)c(C)cc4[nH]ncc34)c(F)cc2c(=O)[nH]1. The summed E-state index contributed by atoms with van der Waals surface area (Å²) < 4.78 is 71.8. The molecule has 0 atom stereocenters. The minimum Gasteiger partial charge on any atom is -0.301 e. The van der Waals surface area contributed by atoms with Gasteiger partial charge in [-0.25, -0.2) is 13.8 Å². The molecule has 0 unspecified atom stereocenters. The van der Waals surface area contributed by atoms with Gasteiger partial charge in [-0.2, -0.15) is 18.3 Å². The van der Waals surface area contributed by atoms with Gasteiger partial charge in [0.25, 0.3) is 5.56 Å². The predicted octanol–water partition coefficient (Wildman–Crippen LogP) is 4.79. The molecule has 0 spiro atoms. The monoisotopic (exact) mass is 426 g/mol. The Labute approximate surface area is 163 Å². The highest BCUT2D eigenvalue weighted by Gasteiger charge is 2.38. The molecule has 11 heteroatoms. The number of nitrogens with one attached hydrogen (secondary N) is 2. The van der Waals surface area contributed by atoms with E-state index in [0.717, 1.165) is 18.0 Å². The maximum absolute atomic E-state index is 15.4. The van der Waals surface area contributed by atoms with Crippen LogP contribution in [0, 0.1) is 18.6 Å². The standard InChI is InChI=1S/C18H11F5N4OS/c1-6-3-10-8(5-24-27-10)11(13(6)18(21,22)23)12-9(19)4-7-15(14(12)20)25-17(29-2)26-16(7)28/h3-5H,1-2H3,(H,24,27)(H,25,26,28). The molecule has 0 aliphatic heterocycles. The van der Waals surface area contributed by atoms with Crippen LogP contribution in [0.15, 0.2) is 28.3 Å². The van der Waals surface area contributed by atoms with Crippen LogP contribution in [0.2, 0.25) is 0 Å². The Balaban J connectivity index is 2.23. The lowest BCUT2D eigenvalue weighted by atomic mass is 9.91. The lowest BCUT2D eigenvalue weighted by molar-refractivity contribution is -0.137. The number of hydrogen-bond donors (Lipinski definition) is 2. The first-order valence-electron chi connectivity index (χ1n) is 8.13. The fraction of sp³-hybridized carbons (Fsp3) is 0.167. The first-order valence-corrected chi connectivity index (χ1v) is 9.36. The number of rotatable bonds is 2. The predicted molar refractivity (Wildman–Crippen MR) is 98.9 cm³/mol. The van der Waals surface area contributed by atoms with Gasteiger partial charge in [-0.1, -0.05) is 11.8 Å². The van der Waals surface area contributed by atoms with E-state index >= 15 is 4.39 Å². The molecule has 150 valence electrons. The summed E-state index contributed by atoms with van der Waals surface area (Å²) in [5.74, 6) is -2.65. The van der Waals surface area contributed by atoms with Crippen molar-refractivity contribution in [3.63, 3.8) is 0 Å². The fourth-order valence-corrected chi connectivity index (χ4v) is 3.74. The van der Waals surface area contributed by atoms with Crippen molar-refractivity contribution < 1.29 is 22.0 Å². The number of fused-ring (bicyclic) bond motifs is 2. The molecule has 0 aliphatic rings. The Morgan fingerprint density at radius 1 is 1.10 bits per heavy atom. The highest BCUT2D eigenvalue weighted by atomic mass is 32.2. The van der Waals surface area contributed by atoms with Crippen LogP contribution in [0.4, 0.5) is 22.0 Å². The Bertz CT molecular complexity index is 1340. The Morgan fingerprint density at radius 3 is 2.48 bits per heavy atom. The van der Waals surface area contributed by atoms with Crippen LogP contribution >= 0.6 is 11.8 Å². The number of H-pyrrole nitrogens is 2. The van der Waals surface area contributed by atoms with E-state index in [1.165, 1.54) is 13.0 Å². The van der Waals surface area contributed by atoms with Gasteiger partial charge in [0, 0.05) is 10.9 Å². The van der Waals surface area contributed by atoms with Crippen molar-refractivity contribution in [1.82, 2.24) is 20.2 Å². The normalized spacial score (nSPS) is 12.2. The summed E-state index contributed by atoms with van der Waals surface area (Å²) in [5.41, 5.74) is -4.13. The number of nitrogens with zero attached hydrogens (tertiary/aromatic N) is 2. The number of aromatic amines is 2. The van der Waals surface area contributed by atoms with Gasteiger partial charge in [0.15, 0.2) is 11.0 Å². The van der Waals surface area contributed by atoms with Crippen molar-refractivity contribution in [2.24, 2.45) is 0 Å². The summed E-state index contributed by atoms with van der Waals surface area (Å²) in [4.78, 5) is 18.4. The van der Waals surface area contributed by atoms with Crippen LogP contribution < -0.4 is 5.56 Å². The molecule has 0 saturated heterocycles. The Hall–Kier alpha value is -2.95. The van der Waals surface area contributed by atoms with E-state index < -0.39 is 51.0 Å². The summed E-state index contributed by atoms with van der Waals surface area (Å²) in [6.07, 6.45) is -2.24. The third kappa shape index (κ3) is 2.96. The van der Waals surface area contributed by atoms with Gasteiger partial charge < -0.3 is 4.98 Å². The molecule has 0 amide bonds. The summed E-state index contributed by atoms with van der Waals surface area (Å²) in [7, 11) is 0. The van der Waals surface area contributed by atoms with E-state index in [2.05, 4.69) is 20.2 Å². The van der Waals surface area contributed by atoms with Crippen LogP contribution in [0.3, 0.4) is 0 Å². The van der Waals surface area contributed by atoms with E-state index in [-0.39, 0.29) is 21.6 Å². The molecule has 0 saturated carbocycles. The second kappa shape index (κ2) is 6.55. The Kier molecular flexibility index (Phi) is 4.37. The topological polar surface area (TPSA) is 74.4 Å². The van der Waals surface area contributed by atoms with E-state index in [4.69, 9.17) is 0 Å². The fourth-order valence-electron chi connectivity index (χ4n) is 3.36. The van der Waals surface area contributed by atoms with Crippen molar-refractivity contribution in [3.05, 3.63) is 51.4 Å². The Morgan fingerprint density at radius 2 is 1.83 bits per heavy atom. The van der Waals surface area contributed by atoms with Gasteiger partial charge >= 0.3 is 6.18 Å². The lowest BCUT2D eigenvalue weighted by Gasteiger charge is -2.18. The minimum absolute atomic E-state index is 0.0488. The zero-order valence-electron chi connectivity index (χ0n) is 14.8. The number of aromatic nitrogens is 4. The maximum atomic E-state index is 15.4.